The van der Waals surface area contributed by atoms with Crippen molar-refractivity contribution < 1.29 is 0 Å². The topological polar surface area (TPSA) is 18.5 Å². The molecule has 3 nitrogen and oxygen atoms in total. The molecule has 1 atom stereocenters. The lowest BCUT2D eigenvalue weighted by atomic mass is 10.1. The van der Waals surface area contributed by atoms with Crippen LogP contribution >= 0.6 is 0 Å². The summed E-state index contributed by atoms with van der Waals surface area (Å²) in [5.74, 6) is 0. The molecule has 0 amide bonds. The molecular weight excluding hydrogens is 246 g/mol. The molecule has 1 unspecified atom stereocenters. The van der Waals surface area contributed by atoms with Gasteiger partial charge in [-0.3, -0.25) is 4.90 Å². The van der Waals surface area contributed by atoms with Crippen LogP contribution in [0.25, 0.3) is 0 Å². The van der Waals surface area contributed by atoms with Crippen molar-refractivity contribution in [2.45, 2.75) is 70.4 Å². The quantitative estimate of drug-likeness (QED) is 0.782. The molecule has 3 heteroatoms. The summed E-state index contributed by atoms with van der Waals surface area (Å²) in [5, 5.41) is 3.83. The summed E-state index contributed by atoms with van der Waals surface area (Å²) in [7, 11) is 2.27. The Labute approximate surface area is 126 Å². The first-order valence-electron chi connectivity index (χ1n) is 8.95. The van der Waals surface area contributed by atoms with Gasteiger partial charge in [-0.2, -0.15) is 0 Å². The molecule has 0 radical (unpaired) electrons. The molecule has 1 N–H and O–H groups in total. The normalized spacial score (nSPS) is 28.2. The zero-order chi connectivity index (χ0) is 14.2. The maximum atomic E-state index is 3.83. The van der Waals surface area contributed by atoms with Gasteiger partial charge in [-0.05, 0) is 45.8 Å². The third-order valence-electron chi connectivity index (χ3n) is 5.18. The van der Waals surface area contributed by atoms with Crippen molar-refractivity contribution in [2.24, 2.45) is 0 Å². The first-order valence-corrected chi connectivity index (χ1v) is 8.95. The fourth-order valence-electron chi connectivity index (χ4n) is 3.87. The third-order valence-corrected chi connectivity index (χ3v) is 5.18. The zero-order valence-corrected chi connectivity index (χ0v) is 13.7. The van der Waals surface area contributed by atoms with Gasteiger partial charge >= 0.3 is 0 Å². The Bertz CT molecular complexity index is 249. The number of likely N-dealkylation sites (N-methyl/N-ethyl adjacent to an activating group) is 1. The first-order chi connectivity index (χ1) is 9.79. The highest BCUT2D eigenvalue weighted by Crippen LogP contribution is 2.17. The molecule has 0 aromatic heterocycles. The van der Waals surface area contributed by atoms with E-state index >= 15 is 0 Å². The molecule has 0 aromatic carbocycles. The summed E-state index contributed by atoms with van der Waals surface area (Å²) in [6.07, 6.45) is 11.2. The third kappa shape index (κ3) is 5.34. The SMILES string of the molecule is CCC1CN(C)CCCN1CCNC1CCCCCC1. The van der Waals surface area contributed by atoms with E-state index in [0.29, 0.717) is 0 Å². The Morgan fingerprint density at radius 1 is 1.00 bits per heavy atom. The lowest BCUT2D eigenvalue weighted by Crippen LogP contribution is -2.44. The van der Waals surface area contributed by atoms with Gasteiger partial charge in [-0.25, -0.2) is 0 Å². The van der Waals surface area contributed by atoms with Gasteiger partial charge in [0, 0.05) is 31.7 Å². The van der Waals surface area contributed by atoms with E-state index in [1.165, 1.54) is 84.1 Å². The Balaban J connectivity index is 1.70. The molecule has 1 saturated carbocycles. The minimum absolute atomic E-state index is 0.762. The molecule has 2 rings (SSSR count). The van der Waals surface area contributed by atoms with E-state index in [1.54, 1.807) is 0 Å². The van der Waals surface area contributed by atoms with E-state index in [2.05, 4.69) is 29.1 Å². The van der Waals surface area contributed by atoms with Crippen molar-refractivity contribution in [1.82, 2.24) is 15.1 Å². The van der Waals surface area contributed by atoms with Crippen LogP contribution in [-0.2, 0) is 0 Å². The van der Waals surface area contributed by atoms with Gasteiger partial charge in [0.05, 0.1) is 0 Å². The average molecular weight is 281 g/mol. The molecule has 1 aliphatic heterocycles. The molecule has 0 bridgehead atoms. The highest BCUT2D eigenvalue weighted by atomic mass is 15.2. The van der Waals surface area contributed by atoms with Crippen LogP contribution in [0.1, 0.15) is 58.3 Å². The molecular formula is C17H35N3. The summed E-state index contributed by atoms with van der Waals surface area (Å²) < 4.78 is 0. The second-order valence-corrected chi connectivity index (χ2v) is 6.86. The van der Waals surface area contributed by atoms with E-state index in [9.17, 15) is 0 Å². The summed E-state index contributed by atoms with van der Waals surface area (Å²) in [4.78, 5) is 5.24. The van der Waals surface area contributed by atoms with Gasteiger partial charge in [0.25, 0.3) is 0 Å². The highest BCUT2D eigenvalue weighted by molar-refractivity contribution is 4.79. The van der Waals surface area contributed by atoms with Crippen LogP contribution in [0.3, 0.4) is 0 Å². The van der Waals surface area contributed by atoms with E-state index < -0.39 is 0 Å². The first kappa shape index (κ1) is 16.3. The van der Waals surface area contributed by atoms with Crippen LogP contribution in [0.2, 0.25) is 0 Å². The lowest BCUT2D eigenvalue weighted by molar-refractivity contribution is 0.181. The van der Waals surface area contributed by atoms with Crippen molar-refractivity contribution in [3.05, 3.63) is 0 Å². The molecule has 20 heavy (non-hydrogen) atoms. The van der Waals surface area contributed by atoms with Crippen LogP contribution in [0.4, 0.5) is 0 Å². The van der Waals surface area contributed by atoms with Crippen LogP contribution in [0.5, 0.6) is 0 Å². The van der Waals surface area contributed by atoms with Crippen LogP contribution in [0, 0.1) is 0 Å². The fourth-order valence-corrected chi connectivity index (χ4v) is 3.87. The second kappa shape index (κ2) is 9.01. The predicted octanol–water partition coefficient (Wildman–Crippen LogP) is 2.71. The monoisotopic (exact) mass is 281 g/mol. The highest BCUT2D eigenvalue weighted by Gasteiger charge is 2.21. The van der Waals surface area contributed by atoms with Gasteiger partial charge < -0.3 is 10.2 Å². The Hall–Kier alpha value is -0.120. The maximum Gasteiger partial charge on any atom is 0.0220 e. The predicted molar refractivity (Wildman–Crippen MR) is 87.3 cm³/mol. The fraction of sp³-hybridized carbons (Fsp3) is 1.00. The van der Waals surface area contributed by atoms with Crippen LogP contribution in [0.15, 0.2) is 0 Å². The second-order valence-electron chi connectivity index (χ2n) is 6.86. The Morgan fingerprint density at radius 3 is 2.45 bits per heavy atom. The number of nitrogens with one attached hydrogen (secondary N) is 1. The van der Waals surface area contributed by atoms with Crippen molar-refractivity contribution in [3.8, 4) is 0 Å². The largest absolute Gasteiger partial charge is 0.313 e. The number of rotatable bonds is 5. The van der Waals surface area contributed by atoms with Gasteiger partial charge in [0.1, 0.15) is 0 Å². The van der Waals surface area contributed by atoms with Gasteiger partial charge in [-0.1, -0.05) is 32.6 Å². The van der Waals surface area contributed by atoms with Crippen LogP contribution < -0.4 is 5.32 Å². The van der Waals surface area contributed by atoms with Gasteiger partial charge in [-0.15, -0.1) is 0 Å². The molecule has 0 spiro atoms. The van der Waals surface area contributed by atoms with Crippen molar-refractivity contribution in [1.29, 1.82) is 0 Å². The summed E-state index contributed by atoms with van der Waals surface area (Å²) >= 11 is 0. The molecule has 1 heterocycles. The summed E-state index contributed by atoms with van der Waals surface area (Å²) in [6, 6.07) is 1.56. The van der Waals surface area contributed by atoms with Gasteiger partial charge in [0.2, 0.25) is 0 Å². The summed E-state index contributed by atoms with van der Waals surface area (Å²) in [6.45, 7) is 8.57. The minimum atomic E-state index is 0.762. The Kier molecular flexibility index (Phi) is 7.32. The molecule has 0 aromatic rings. The lowest BCUT2D eigenvalue weighted by Gasteiger charge is -2.30. The van der Waals surface area contributed by atoms with Crippen molar-refractivity contribution in [2.75, 3.05) is 39.8 Å². The van der Waals surface area contributed by atoms with E-state index in [-0.39, 0.29) is 0 Å². The van der Waals surface area contributed by atoms with E-state index in [0.717, 1.165) is 12.1 Å². The molecule has 2 fully saturated rings. The molecule has 1 aliphatic carbocycles. The van der Waals surface area contributed by atoms with Crippen LogP contribution in [-0.4, -0.2) is 61.7 Å². The Morgan fingerprint density at radius 2 is 1.75 bits per heavy atom. The standard InChI is InChI=1S/C17H35N3/c1-3-17-15-19(2)12-8-13-20(17)14-11-18-16-9-6-4-5-7-10-16/h16-18H,3-15H2,1-2H3. The molecule has 2 aliphatic rings. The zero-order valence-electron chi connectivity index (χ0n) is 13.7. The van der Waals surface area contributed by atoms with E-state index in [1.807, 2.05) is 0 Å². The maximum absolute atomic E-state index is 3.83. The van der Waals surface area contributed by atoms with Gasteiger partial charge in [0.15, 0.2) is 0 Å². The molecule has 118 valence electrons. The molecule has 1 saturated heterocycles. The van der Waals surface area contributed by atoms with E-state index in [4.69, 9.17) is 0 Å². The van der Waals surface area contributed by atoms with Crippen molar-refractivity contribution in [3.63, 3.8) is 0 Å². The number of hydrogen-bond donors (Lipinski definition) is 1. The summed E-state index contributed by atoms with van der Waals surface area (Å²) in [5.41, 5.74) is 0. The minimum Gasteiger partial charge on any atom is -0.313 e. The smallest absolute Gasteiger partial charge is 0.0220 e. The number of hydrogen-bond acceptors (Lipinski definition) is 3. The number of nitrogens with zero attached hydrogens (tertiary/aromatic N) is 2. The average Bonchev–Trinajstić information content (AvgIpc) is 2.80. The van der Waals surface area contributed by atoms with Crippen molar-refractivity contribution >= 4 is 0 Å².